The highest BCUT2D eigenvalue weighted by Crippen LogP contribution is 1.98. The van der Waals surface area contributed by atoms with Crippen molar-refractivity contribution < 1.29 is 4.42 Å². The SMILES string of the molecule is Cc1cc(N)cc(=O)o1. The maximum absolute atomic E-state index is 10.5. The fraction of sp³-hybridized carbons (Fsp3) is 0.167. The molecule has 3 nitrogen and oxygen atoms in total. The number of nitrogen functional groups attached to an aromatic ring is 1. The zero-order valence-corrected chi connectivity index (χ0v) is 5.05. The molecular formula is C6H7NO2. The van der Waals surface area contributed by atoms with Crippen LogP contribution in [0.5, 0.6) is 0 Å². The second-order valence-corrected chi connectivity index (χ2v) is 1.82. The third kappa shape index (κ3) is 1.32. The summed E-state index contributed by atoms with van der Waals surface area (Å²) in [6, 6.07) is 2.84. The van der Waals surface area contributed by atoms with Crippen LogP contribution in [0.25, 0.3) is 0 Å². The lowest BCUT2D eigenvalue weighted by Gasteiger charge is -1.90. The van der Waals surface area contributed by atoms with Crippen LogP contribution in [0.2, 0.25) is 0 Å². The van der Waals surface area contributed by atoms with Gasteiger partial charge < -0.3 is 10.2 Å². The highest BCUT2D eigenvalue weighted by Gasteiger charge is 1.90. The Balaban J connectivity index is 3.33. The van der Waals surface area contributed by atoms with Crippen molar-refractivity contribution in [1.29, 1.82) is 0 Å². The Morgan fingerprint density at radius 1 is 1.56 bits per heavy atom. The highest BCUT2D eigenvalue weighted by molar-refractivity contribution is 5.35. The molecule has 0 fully saturated rings. The van der Waals surface area contributed by atoms with Crippen molar-refractivity contribution in [2.24, 2.45) is 0 Å². The van der Waals surface area contributed by atoms with E-state index in [1.54, 1.807) is 13.0 Å². The molecule has 1 heterocycles. The van der Waals surface area contributed by atoms with E-state index in [9.17, 15) is 4.79 Å². The Bertz CT molecular complexity index is 241. The molecule has 0 aliphatic carbocycles. The summed E-state index contributed by atoms with van der Waals surface area (Å²) < 4.78 is 4.62. The summed E-state index contributed by atoms with van der Waals surface area (Å²) in [5.41, 5.74) is 5.35. The van der Waals surface area contributed by atoms with Gasteiger partial charge in [-0.05, 0) is 13.0 Å². The molecule has 9 heavy (non-hydrogen) atoms. The van der Waals surface area contributed by atoms with Gasteiger partial charge in [0, 0.05) is 11.8 Å². The summed E-state index contributed by atoms with van der Waals surface area (Å²) in [5.74, 6) is 0.542. The maximum atomic E-state index is 10.5. The molecule has 0 aliphatic rings. The van der Waals surface area contributed by atoms with Crippen LogP contribution >= 0.6 is 0 Å². The summed E-state index contributed by atoms with van der Waals surface area (Å²) in [4.78, 5) is 10.5. The molecule has 0 atom stereocenters. The normalized spacial score (nSPS) is 9.44. The zero-order valence-electron chi connectivity index (χ0n) is 5.05. The summed E-state index contributed by atoms with van der Waals surface area (Å²) in [7, 11) is 0. The topological polar surface area (TPSA) is 56.2 Å². The molecule has 0 amide bonds. The number of aryl methyl sites for hydroxylation is 1. The maximum Gasteiger partial charge on any atom is 0.337 e. The minimum atomic E-state index is -0.396. The van der Waals surface area contributed by atoms with E-state index in [0.717, 1.165) is 0 Å². The third-order valence-electron chi connectivity index (χ3n) is 0.916. The van der Waals surface area contributed by atoms with Crippen molar-refractivity contribution in [2.75, 3.05) is 5.73 Å². The first-order valence-electron chi connectivity index (χ1n) is 2.56. The van der Waals surface area contributed by atoms with Gasteiger partial charge in [-0.25, -0.2) is 4.79 Å². The third-order valence-corrected chi connectivity index (χ3v) is 0.916. The molecule has 1 rings (SSSR count). The average molecular weight is 125 g/mol. The van der Waals surface area contributed by atoms with Gasteiger partial charge in [-0.2, -0.15) is 0 Å². The average Bonchev–Trinajstić information content (AvgIpc) is 1.59. The summed E-state index contributed by atoms with van der Waals surface area (Å²) in [5, 5.41) is 0. The van der Waals surface area contributed by atoms with Gasteiger partial charge in [-0.3, -0.25) is 0 Å². The van der Waals surface area contributed by atoms with Crippen molar-refractivity contribution in [1.82, 2.24) is 0 Å². The molecule has 48 valence electrons. The van der Waals surface area contributed by atoms with Crippen LogP contribution in [-0.4, -0.2) is 0 Å². The van der Waals surface area contributed by atoms with Gasteiger partial charge in [0.15, 0.2) is 0 Å². The Labute approximate surface area is 52.1 Å². The van der Waals surface area contributed by atoms with Crippen molar-refractivity contribution in [3.63, 3.8) is 0 Å². The predicted octanol–water partition coefficient (Wildman–Crippen LogP) is 0.530. The van der Waals surface area contributed by atoms with Gasteiger partial charge in [0.05, 0.1) is 0 Å². The molecule has 0 saturated carbocycles. The molecule has 0 unspecified atom stereocenters. The molecular weight excluding hydrogens is 118 g/mol. The molecule has 0 spiro atoms. The fourth-order valence-corrected chi connectivity index (χ4v) is 0.630. The first-order chi connectivity index (χ1) is 4.18. The number of anilines is 1. The fourth-order valence-electron chi connectivity index (χ4n) is 0.630. The van der Waals surface area contributed by atoms with Gasteiger partial charge in [-0.1, -0.05) is 0 Å². The van der Waals surface area contributed by atoms with Crippen LogP contribution in [0.3, 0.4) is 0 Å². The minimum Gasteiger partial charge on any atom is -0.428 e. The van der Waals surface area contributed by atoms with Crippen LogP contribution in [0.4, 0.5) is 5.69 Å². The van der Waals surface area contributed by atoms with E-state index in [0.29, 0.717) is 11.4 Å². The van der Waals surface area contributed by atoms with E-state index >= 15 is 0 Å². The monoisotopic (exact) mass is 125 g/mol. The summed E-state index contributed by atoms with van der Waals surface area (Å²) >= 11 is 0. The van der Waals surface area contributed by atoms with E-state index in [4.69, 9.17) is 5.73 Å². The summed E-state index contributed by atoms with van der Waals surface area (Å²) in [6.45, 7) is 1.68. The van der Waals surface area contributed by atoms with Gasteiger partial charge in [0.2, 0.25) is 0 Å². The van der Waals surface area contributed by atoms with Crippen molar-refractivity contribution >= 4 is 5.69 Å². The quantitative estimate of drug-likeness (QED) is 0.550. The van der Waals surface area contributed by atoms with E-state index in [1.165, 1.54) is 6.07 Å². The zero-order chi connectivity index (χ0) is 6.85. The lowest BCUT2D eigenvalue weighted by Crippen LogP contribution is -1.99. The lowest BCUT2D eigenvalue weighted by atomic mass is 10.4. The van der Waals surface area contributed by atoms with E-state index < -0.39 is 5.63 Å². The van der Waals surface area contributed by atoms with Crippen molar-refractivity contribution in [3.05, 3.63) is 28.3 Å². The smallest absolute Gasteiger partial charge is 0.337 e. The largest absolute Gasteiger partial charge is 0.428 e. The van der Waals surface area contributed by atoms with Gasteiger partial charge in [0.1, 0.15) is 5.76 Å². The standard InChI is InChI=1S/C6H7NO2/c1-4-2-5(7)3-6(8)9-4/h2-3H,7H2,1H3. The number of hydrogen-bond donors (Lipinski definition) is 1. The Hall–Kier alpha value is -1.25. The van der Waals surface area contributed by atoms with Crippen molar-refractivity contribution in [3.8, 4) is 0 Å². The molecule has 1 aromatic rings. The molecule has 0 bridgehead atoms. The van der Waals surface area contributed by atoms with Crippen LogP contribution in [0, 0.1) is 6.92 Å². The molecule has 1 aromatic heterocycles. The molecule has 0 aliphatic heterocycles. The summed E-state index contributed by atoms with van der Waals surface area (Å²) in [6.07, 6.45) is 0. The minimum absolute atomic E-state index is 0.396. The highest BCUT2D eigenvalue weighted by atomic mass is 16.4. The van der Waals surface area contributed by atoms with Crippen LogP contribution in [-0.2, 0) is 0 Å². The first kappa shape index (κ1) is 5.88. The van der Waals surface area contributed by atoms with Crippen molar-refractivity contribution in [2.45, 2.75) is 6.92 Å². The van der Waals surface area contributed by atoms with E-state index in [-0.39, 0.29) is 0 Å². The number of rotatable bonds is 0. The number of hydrogen-bond acceptors (Lipinski definition) is 3. The molecule has 0 saturated heterocycles. The Kier molecular flexibility index (Phi) is 1.26. The van der Waals surface area contributed by atoms with Gasteiger partial charge in [-0.15, -0.1) is 0 Å². The van der Waals surface area contributed by atoms with Gasteiger partial charge in [0.25, 0.3) is 0 Å². The number of nitrogens with two attached hydrogens (primary N) is 1. The molecule has 0 aromatic carbocycles. The van der Waals surface area contributed by atoms with E-state index in [1.807, 2.05) is 0 Å². The second-order valence-electron chi connectivity index (χ2n) is 1.82. The van der Waals surface area contributed by atoms with Crippen LogP contribution < -0.4 is 11.4 Å². The first-order valence-corrected chi connectivity index (χ1v) is 2.56. The Morgan fingerprint density at radius 2 is 2.22 bits per heavy atom. The van der Waals surface area contributed by atoms with E-state index in [2.05, 4.69) is 4.42 Å². The second kappa shape index (κ2) is 1.93. The molecule has 3 heteroatoms. The predicted molar refractivity (Wildman–Crippen MR) is 34.1 cm³/mol. The molecule has 0 radical (unpaired) electrons. The van der Waals surface area contributed by atoms with Crippen LogP contribution in [0.15, 0.2) is 21.3 Å². The Morgan fingerprint density at radius 3 is 2.67 bits per heavy atom. The molecule has 2 N–H and O–H groups in total. The van der Waals surface area contributed by atoms with Crippen LogP contribution in [0.1, 0.15) is 5.76 Å². The lowest BCUT2D eigenvalue weighted by molar-refractivity contribution is 0.481. The van der Waals surface area contributed by atoms with Gasteiger partial charge >= 0.3 is 5.63 Å².